The molecular weight excluding hydrogens is 308 g/mol. The van der Waals surface area contributed by atoms with Crippen molar-refractivity contribution in [3.63, 3.8) is 0 Å². The third kappa shape index (κ3) is 4.32. The van der Waals surface area contributed by atoms with E-state index in [1.165, 1.54) is 0 Å². The van der Waals surface area contributed by atoms with Crippen LogP contribution in [0.2, 0.25) is 0 Å². The second-order valence-electron chi connectivity index (χ2n) is 6.12. The second kappa shape index (κ2) is 7.13. The molecule has 0 saturated carbocycles. The predicted octanol–water partition coefficient (Wildman–Crippen LogP) is 4.52. The molecule has 1 unspecified atom stereocenters. The van der Waals surface area contributed by atoms with Crippen molar-refractivity contribution in [1.29, 1.82) is 0 Å². The van der Waals surface area contributed by atoms with Crippen molar-refractivity contribution >= 4 is 15.8 Å². The van der Waals surface area contributed by atoms with Crippen LogP contribution in [0.25, 0.3) is 0 Å². The maximum absolute atomic E-state index is 12.5. The Hall–Kier alpha value is -1.88. The molecule has 2 rings (SSSR count). The number of nitrogens with zero attached hydrogens (tertiary/aromatic N) is 1. The van der Waals surface area contributed by atoms with Gasteiger partial charge in [0.05, 0.1) is 4.90 Å². The molecule has 124 valence electrons. The van der Waals surface area contributed by atoms with Crippen molar-refractivity contribution in [2.75, 3.05) is 4.72 Å². The van der Waals surface area contributed by atoms with Crippen molar-refractivity contribution < 1.29 is 8.42 Å². The van der Waals surface area contributed by atoms with Crippen LogP contribution in [0.3, 0.4) is 0 Å². The summed E-state index contributed by atoms with van der Waals surface area (Å²) < 4.78 is 27.5. The van der Waals surface area contributed by atoms with Crippen LogP contribution in [0, 0.1) is 0 Å². The van der Waals surface area contributed by atoms with Gasteiger partial charge in [-0.2, -0.15) is 0 Å². The second-order valence-corrected chi connectivity index (χ2v) is 7.80. The molecule has 5 heteroatoms. The van der Waals surface area contributed by atoms with Gasteiger partial charge in [0.15, 0.2) is 0 Å². The zero-order valence-corrected chi connectivity index (χ0v) is 14.9. The van der Waals surface area contributed by atoms with Gasteiger partial charge in [-0.1, -0.05) is 45.9 Å². The van der Waals surface area contributed by atoms with E-state index in [2.05, 4.69) is 23.6 Å². The van der Waals surface area contributed by atoms with E-state index in [4.69, 9.17) is 0 Å². The standard InChI is InChI=1S/C18H24N2O2S/c1-5-14(4)16-9-10-18(19-12-16)20-23(21,22)17-8-6-7-15(11-17)13(2)3/h6-14H,5H2,1-4H3,(H,19,20). The van der Waals surface area contributed by atoms with Crippen molar-refractivity contribution in [3.05, 3.63) is 53.7 Å². The van der Waals surface area contributed by atoms with Crippen LogP contribution in [-0.2, 0) is 10.0 Å². The Kier molecular flexibility index (Phi) is 5.42. The Morgan fingerprint density at radius 1 is 1.09 bits per heavy atom. The van der Waals surface area contributed by atoms with Gasteiger partial charge in [0.1, 0.15) is 5.82 Å². The van der Waals surface area contributed by atoms with E-state index in [-0.39, 0.29) is 10.8 Å². The zero-order valence-electron chi connectivity index (χ0n) is 14.1. The lowest BCUT2D eigenvalue weighted by Crippen LogP contribution is -2.14. The Labute approximate surface area is 139 Å². The molecule has 1 aromatic carbocycles. The third-order valence-electron chi connectivity index (χ3n) is 4.04. The lowest BCUT2D eigenvalue weighted by molar-refractivity contribution is 0.600. The molecule has 0 fully saturated rings. The molecule has 0 aliphatic rings. The maximum atomic E-state index is 12.5. The van der Waals surface area contributed by atoms with Gasteiger partial charge in [-0.05, 0) is 47.6 Å². The number of rotatable bonds is 6. The number of pyridine rings is 1. The lowest BCUT2D eigenvalue weighted by Gasteiger charge is -2.12. The van der Waals surface area contributed by atoms with Crippen molar-refractivity contribution in [3.8, 4) is 0 Å². The number of sulfonamides is 1. The first-order chi connectivity index (χ1) is 10.8. The van der Waals surface area contributed by atoms with Crippen molar-refractivity contribution in [2.24, 2.45) is 0 Å². The topological polar surface area (TPSA) is 59.1 Å². The van der Waals surface area contributed by atoms with E-state index >= 15 is 0 Å². The molecule has 0 saturated heterocycles. The Balaban J connectivity index is 2.23. The molecule has 4 nitrogen and oxygen atoms in total. The molecule has 0 radical (unpaired) electrons. The van der Waals surface area contributed by atoms with Gasteiger partial charge in [0, 0.05) is 6.20 Å². The number of hydrogen-bond donors (Lipinski definition) is 1. The third-order valence-corrected chi connectivity index (χ3v) is 5.39. The molecule has 1 atom stereocenters. The highest BCUT2D eigenvalue weighted by molar-refractivity contribution is 7.92. The SMILES string of the molecule is CCC(C)c1ccc(NS(=O)(=O)c2cccc(C(C)C)c2)nc1. The summed E-state index contributed by atoms with van der Waals surface area (Å²) in [5, 5.41) is 0. The fraction of sp³-hybridized carbons (Fsp3) is 0.389. The van der Waals surface area contributed by atoms with Gasteiger partial charge >= 0.3 is 0 Å². The Morgan fingerprint density at radius 2 is 1.83 bits per heavy atom. The van der Waals surface area contributed by atoms with Crippen molar-refractivity contribution in [1.82, 2.24) is 4.98 Å². The number of nitrogens with one attached hydrogen (secondary N) is 1. The highest BCUT2D eigenvalue weighted by Gasteiger charge is 2.16. The smallest absolute Gasteiger partial charge is 0.263 e. The monoisotopic (exact) mass is 332 g/mol. The van der Waals surface area contributed by atoms with Gasteiger partial charge < -0.3 is 0 Å². The average Bonchev–Trinajstić information content (AvgIpc) is 2.54. The molecule has 0 bridgehead atoms. The van der Waals surface area contributed by atoms with Crippen LogP contribution < -0.4 is 4.72 Å². The van der Waals surface area contributed by atoms with Gasteiger partial charge in [0.2, 0.25) is 0 Å². The highest BCUT2D eigenvalue weighted by atomic mass is 32.2. The molecule has 2 aromatic rings. The van der Waals surface area contributed by atoms with Crippen LogP contribution in [-0.4, -0.2) is 13.4 Å². The van der Waals surface area contributed by atoms with Crippen LogP contribution in [0.15, 0.2) is 47.5 Å². The summed E-state index contributed by atoms with van der Waals surface area (Å²) in [6.07, 6.45) is 2.76. The zero-order chi connectivity index (χ0) is 17.0. The maximum Gasteiger partial charge on any atom is 0.263 e. The van der Waals surface area contributed by atoms with E-state index in [1.807, 2.05) is 26.0 Å². The quantitative estimate of drug-likeness (QED) is 0.846. The highest BCUT2D eigenvalue weighted by Crippen LogP contribution is 2.22. The average molecular weight is 332 g/mol. The van der Waals surface area contributed by atoms with Crippen LogP contribution in [0.1, 0.15) is 57.1 Å². The van der Waals surface area contributed by atoms with Gasteiger partial charge in [-0.25, -0.2) is 13.4 Å². The molecular formula is C18H24N2O2S. The fourth-order valence-corrected chi connectivity index (χ4v) is 3.29. The normalized spacial score (nSPS) is 13.1. The summed E-state index contributed by atoms with van der Waals surface area (Å²) >= 11 is 0. The number of hydrogen-bond acceptors (Lipinski definition) is 3. The molecule has 1 aromatic heterocycles. The van der Waals surface area contributed by atoms with Crippen LogP contribution >= 0.6 is 0 Å². The molecule has 1 heterocycles. The number of benzene rings is 1. The van der Waals surface area contributed by atoms with Crippen LogP contribution in [0.4, 0.5) is 5.82 Å². The summed E-state index contributed by atoms with van der Waals surface area (Å²) in [7, 11) is -3.62. The molecule has 0 spiro atoms. The molecule has 23 heavy (non-hydrogen) atoms. The van der Waals surface area contributed by atoms with E-state index in [9.17, 15) is 8.42 Å². The summed E-state index contributed by atoms with van der Waals surface area (Å²) in [6, 6.07) is 10.6. The predicted molar refractivity (Wildman–Crippen MR) is 94.3 cm³/mol. The minimum Gasteiger partial charge on any atom is -0.263 e. The summed E-state index contributed by atoms with van der Waals surface area (Å²) in [5.41, 5.74) is 2.10. The molecule has 0 amide bonds. The largest absolute Gasteiger partial charge is 0.263 e. The number of aromatic nitrogens is 1. The first-order valence-corrected chi connectivity index (χ1v) is 9.40. The first kappa shape index (κ1) is 17.5. The molecule has 0 aliphatic heterocycles. The van der Waals surface area contributed by atoms with E-state index in [0.29, 0.717) is 11.7 Å². The van der Waals surface area contributed by atoms with Crippen molar-refractivity contribution in [2.45, 2.75) is 50.8 Å². The summed E-state index contributed by atoms with van der Waals surface area (Å²) in [4.78, 5) is 4.49. The van der Waals surface area contributed by atoms with Gasteiger partial charge in [0.25, 0.3) is 10.0 Å². The minimum atomic E-state index is -3.62. The Morgan fingerprint density at radius 3 is 2.39 bits per heavy atom. The number of anilines is 1. The summed E-state index contributed by atoms with van der Waals surface area (Å²) in [6.45, 7) is 8.31. The minimum absolute atomic E-state index is 0.261. The fourth-order valence-electron chi connectivity index (χ4n) is 2.23. The lowest BCUT2D eigenvalue weighted by atomic mass is 10.0. The molecule has 1 N–H and O–H groups in total. The van der Waals surface area contributed by atoms with E-state index < -0.39 is 10.0 Å². The van der Waals surface area contributed by atoms with Gasteiger partial charge in [-0.15, -0.1) is 0 Å². The van der Waals surface area contributed by atoms with E-state index in [1.54, 1.807) is 30.5 Å². The first-order valence-electron chi connectivity index (χ1n) is 7.92. The molecule has 0 aliphatic carbocycles. The van der Waals surface area contributed by atoms with E-state index in [0.717, 1.165) is 17.5 Å². The van der Waals surface area contributed by atoms with Crippen LogP contribution in [0.5, 0.6) is 0 Å². The Bertz CT molecular complexity index is 753. The summed E-state index contributed by atoms with van der Waals surface area (Å²) in [5.74, 6) is 1.03. The van der Waals surface area contributed by atoms with Gasteiger partial charge in [-0.3, -0.25) is 4.72 Å².